The van der Waals surface area contributed by atoms with Gasteiger partial charge in [0.05, 0.1) is 18.1 Å². The molecule has 2 N–H and O–H groups in total. The number of hydrogen-bond acceptors (Lipinski definition) is 4. The van der Waals surface area contributed by atoms with E-state index in [1.54, 1.807) is 6.07 Å². The van der Waals surface area contributed by atoms with Gasteiger partial charge in [-0.15, -0.1) is 0 Å². The molecule has 0 aliphatic rings. The Morgan fingerprint density at radius 3 is 2.90 bits per heavy atom. The largest absolute Gasteiger partial charge is 0.369 e. The van der Waals surface area contributed by atoms with E-state index < -0.39 is 11.7 Å². The minimum atomic E-state index is -0.525. The molecule has 2 rings (SSSR count). The molecule has 1 aromatic heterocycles. The standard InChI is InChI=1S/C13H12BrFN4O/c1-2-17-12-7-16-6-11(18-12)13(20)19-10-4-3-8(14)5-9(10)15/h3-7H,2H2,1H3,(H,17,18)(H,19,20). The number of carbonyl (C=O) groups excluding carboxylic acids is 1. The van der Waals surface area contributed by atoms with Crippen LogP contribution in [0.25, 0.3) is 0 Å². The predicted molar refractivity (Wildman–Crippen MR) is 78.2 cm³/mol. The van der Waals surface area contributed by atoms with E-state index in [9.17, 15) is 9.18 Å². The first-order valence-corrected chi connectivity index (χ1v) is 6.71. The quantitative estimate of drug-likeness (QED) is 0.898. The van der Waals surface area contributed by atoms with Crippen LogP contribution in [0.5, 0.6) is 0 Å². The molecular weight excluding hydrogens is 327 g/mol. The lowest BCUT2D eigenvalue weighted by Gasteiger charge is -2.07. The second-order valence-corrected chi connectivity index (χ2v) is 4.81. The first kappa shape index (κ1) is 14.4. The van der Waals surface area contributed by atoms with Gasteiger partial charge >= 0.3 is 0 Å². The maximum Gasteiger partial charge on any atom is 0.276 e. The number of halogens is 2. The van der Waals surface area contributed by atoms with Crippen LogP contribution in [0.2, 0.25) is 0 Å². The average Bonchev–Trinajstić information content (AvgIpc) is 2.42. The van der Waals surface area contributed by atoms with Crippen LogP contribution in [0.1, 0.15) is 17.4 Å². The van der Waals surface area contributed by atoms with E-state index in [0.29, 0.717) is 16.8 Å². The van der Waals surface area contributed by atoms with Crippen LogP contribution in [-0.2, 0) is 0 Å². The Kier molecular flexibility index (Phi) is 4.62. The number of rotatable bonds is 4. The Hall–Kier alpha value is -2.02. The Labute approximate surface area is 123 Å². The van der Waals surface area contributed by atoms with Gasteiger partial charge in [0.1, 0.15) is 17.3 Å². The van der Waals surface area contributed by atoms with Crippen molar-refractivity contribution >= 4 is 33.3 Å². The van der Waals surface area contributed by atoms with Crippen molar-refractivity contribution in [3.8, 4) is 0 Å². The number of benzene rings is 1. The van der Waals surface area contributed by atoms with Gasteiger partial charge in [-0.05, 0) is 25.1 Å². The number of anilines is 2. The summed E-state index contributed by atoms with van der Waals surface area (Å²) in [6.07, 6.45) is 2.84. The van der Waals surface area contributed by atoms with E-state index >= 15 is 0 Å². The van der Waals surface area contributed by atoms with Crippen molar-refractivity contribution in [2.24, 2.45) is 0 Å². The Balaban J connectivity index is 2.17. The highest BCUT2D eigenvalue weighted by Gasteiger charge is 2.12. The summed E-state index contributed by atoms with van der Waals surface area (Å²) in [5.41, 5.74) is 0.208. The summed E-state index contributed by atoms with van der Waals surface area (Å²) in [6.45, 7) is 2.58. The Bertz CT molecular complexity index is 636. The highest BCUT2D eigenvalue weighted by molar-refractivity contribution is 9.10. The van der Waals surface area contributed by atoms with E-state index in [4.69, 9.17) is 0 Å². The molecule has 5 nitrogen and oxygen atoms in total. The third kappa shape index (κ3) is 3.51. The summed E-state index contributed by atoms with van der Waals surface area (Å²) in [5.74, 6) is -0.543. The van der Waals surface area contributed by atoms with Crippen LogP contribution in [-0.4, -0.2) is 22.4 Å². The molecule has 0 spiro atoms. The highest BCUT2D eigenvalue weighted by atomic mass is 79.9. The van der Waals surface area contributed by atoms with Gasteiger partial charge in [0.2, 0.25) is 0 Å². The van der Waals surface area contributed by atoms with Gasteiger partial charge < -0.3 is 10.6 Å². The predicted octanol–water partition coefficient (Wildman–Crippen LogP) is 3.06. The SMILES string of the molecule is CCNc1cncc(C(=O)Nc2ccc(Br)cc2F)n1. The second kappa shape index (κ2) is 6.42. The maximum atomic E-state index is 13.6. The first-order chi connectivity index (χ1) is 9.60. The number of carbonyl (C=O) groups is 1. The third-order valence-corrected chi connectivity index (χ3v) is 2.90. The Morgan fingerprint density at radius 1 is 1.40 bits per heavy atom. The van der Waals surface area contributed by atoms with Crippen molar-refractivity contribution in [2.75, 3.05) is 17.2 Å². The molecule has 104 valence electrons. The third-order valence-electron chi connectivity index (χ3n) is 2.40. The highest BCUT2D eigenvalue weighted by Crippen LogP contribution is 2.19. The van der Waals surface area contributed by atoms with Gasteiger partial charge in [-0.25, -0.2) is 9.37 Å². The summed E-state index contributed by atoms with van der Waals surface area (Å²) in [7, 11) is 0. The van der Waals surface area contributed by atoms with E-state index in [1.165, 1.54) is 24.5 Å². The van der Waals surface area contributed by atoms with Crippen molar-refractivity contribution < 1.29 is 9.18 Å². The molecule has 0 aliphatic carbocycles. The van der Waals surface area contributed by atoms with Crippen molar-refractivity contribution in [1.29, 1.82) is 0 Å². The van der Waals surface area contributed by atoms with Crippen molar-refractivity contribution in [3.05, 3.63) is 46.6 Å². The molecule has 20 heavy (non-hydrogen) atoms. The number of hydrogen-bond donors (Lipinski definition) is 2. The number of amides is 1. The molecule has 0 bridgehead atoms. The topological polar surface area (TPSA) is 66.9 Å². The van der Waals surface area contributed by atoms with E-state index in [-0.39, 0.29) is 11.4 Å². The number of nitrogens with zero attached hydrogens (tertiary/aromatic N) is 2. The van der Waals surface area contributed by atoms with Crippen LogP contribution in [0.3, 0.4) is 0 Å². The molecule has 7 heteroatoms. The summed E-state index contributed by atoms with van der Waals surface area (Å²) in [5, 5.41) is 5.41. The molecule has 1 amide bonds. The fourth-order valence-electron chi connectivity index (χ4n) is 1.52. The Morgan fingerprint density at radius 2 is 2.20 bits per heavy atom. The average molecular weight is 339 g/mol. The van der Waals surface area contributed by atoms with Gasteiger partial charge in [-0.2, -0.15) is 0 Å². The van der Waals surface area contributed by atoms with Crippen LogP contribution < -0.4 is 10.6 Å². The lowest BCUT2D eigenvalue weighted by Crippen LogP contribution is -2.16. The zero-order valence-electron chi connectivity index (χ0n) is 10.7. The molecule has 0 radical (unpaired) electrons. The summed E-state index contributed by atoms with van der Waals surface area (Å²) in [6, 6.07) is 4.38. The fourth-order valence-corrected chi connectivity index (χ4v) is 1.85. The lowest BCUT2D eigenvalue weighted by atomic mass is 10.3. The molecule has 0 saturated heterocycles. The van der Waals surface area contributed by atoms with Crippen LogP contribution >= 0.6 is 15.9 Å². The maximum absolute atomic E-state index is 13.6. The molecular formula is C13H12BrFN4O. The van der Waals surface area contributed by atoms with Gasteiger partial charge in [0.25, 0.3) is 5.91 Å². The smallest absolute Gasteiger partial charge is 0.276 e. The van der Waals surface area contributed by atoms with Gasteiger partial charge in [-0.1, -0.05) is 15.9 Å². The zero-order chi connectivity index (χ0) is 14.5. The van der Waals surface area contributed by atoms with Crippen LogP contribution in [0.4, 0.5) is 15.9 Å². The molecule has 1 aromatic carbocycles. The minimum Gasteiger partial charge on any atom is -0.369 e. The van der Waals surface area contributed by atoms with Gasteiger partial charge in [-0.3, -0.25) is 9.78 Å². The van der Waals surface area contributed by atoms with E-state index in [0.717, 1.165) is 0 Å². The molecule has 0 atom stereocenters. The minimum absolute atomic E-state index is 0.0915. The normalized spacial score (nSPS) is 10.2. The molecule has 0 aliphatic heterocycles. The van der Waals surface area contributed by atoms with Crippen molar-refractivity contribution in [2.45, 2.75) is 6.92 Å². The van der Waals surface area contributed by atoms with Gasteiger partial charge in [0.15, 0.2) is 0 Å². The number of nitrogens with one attached hydrogen (secondary N) is 2. The lowest BCUT2D eigenvalue weighted by molar-refractivity contribution is 0.102. The van der Waals surface area contributed by atoms with E-state index in [2.05, 4.69) is 36.5 Å². The van der Waals surface area contributed by atoms with Crippen LogP contribution in [0, 0.1) is 5.82 Å². The molecule has 0 saturated carbocycles. The monoisotopic (exact) mass is 338 g/mol. The van der Waals surface area contributed by atoms with Crippen molar-refractivity contribution in [3.63, 3.8) is 0 Å². The molecule has 1 heterocycles. The van der Waals surface area contributed by atoms with Gasteiger partial charge in [0, 0.05) is 11.0 Å². The summed E-state index contributed by atoms with van der Waals surface area (Å²) < 4.78 is 14.2. The zero-order valence-corrected chi connectivity index (χ0v) is 12.2. The summed E-state index contributed by atoms with van der Waals surface area (Å²) >= 11 is 3.15. The number of aromatic nitrogens is 2. The molecule has 2 aromatic rings. The first-order valence-electron chi connectivity index (χ1n) is 5.92. The van der Waals surface area contributed by atoms with E-state index in [1.807, 2.05) is 6.92 Å². The molecule has 0 unspecified atom stereocenters. The van der Waals surface area contributed by atoms with Crippen molar-refractivity contribution in [1.82, 2.24) is 9.97 Å². The van der Waals surface area contributed by atoms with Crippen LogP contribution in [0.15, 0.2) is 35.1 Å². The second-order valence-electron chi connectivity index (χ2n) is 3.90. The fraction of sp³-hybridized carbons (Fsp3) is 0.154. The molecule has 0 fully saturated rings. The summed E-state index contributed by atoms with van der Waals surface area (Å²) in [4.78, 5) is 20.0.